The Morgan fingerprint density at radius 3 is 2.80 bits per heavy atom. The summed E-state index contributed by atoms with van der Waals surface area (Å²) < 4.78 is 7.40. The number of likely N-dealkylation sites (tertiary alicyclic amines) is 1. The van der Waals surface area contributed by atoms with Crippen molar-refractivity contribution in [2.24, 2.45) is 18.4 Å². The van der Waals surface area contributed by atoms with Crippen molar-refractivity contribution in [1.82, 2.24) is 19.8 Å². The standard InChI is InChI=1S/C19H32N4O2/c1-4-6-15-10-23(11-16-9-20-14-22(16)2)12-17(15)21-18(24)19(13-25-3)7-5-8-19/h9,14-15,17H,4-8,10-13H2,1-3H3,(H,21,24)/t15-,17-/m1/s1. The fraction of sp³-hybridized carbons (Fsp3) is 0.789. The molecule has 1 N–H and O–H groups in total. The monoisotopic (exact) mass is 348 g/mol. The molecule has 6 nitrogen and oxygen atoms in total. The van der Waals surface area contributed by atoms with Crippen LogP contribution in [0.25, 0.3) is 0 Å². The molecule has 0 unspecified atom stereocenters. The van der Waals surface area contributed by atoms with E-state index < -0.39 is 0 Å². The van der Waals surface area contributed by atoms with Crippen LogP contribution in [-0.2, 0) is 23.1 Å². The highest BCUT2D eigenvalue weighted by Gasteiger charge is 2.46. The number of nitrogens with one attached hydrogen (secondary N) is 1. The number of aromatic nitrogens is 2. The fourth-order valence-electron chi connectivity index (χ4n) is 4.32. The van der Waals surface area contributed by atoms with E-state index >= 15 is 0 Å². The van der Waals surface area contributed by atoms with Crippen molar-refractivity contribution in [1.29, 1.82) is 0 Å². The third-order valence-corrected chi connectivity index (χ3v) is 6.01. The number of hydrogen-bond acceptors (Lipinski definition) is 4. The number of carbonyl (C=O) groups is 1. The van der Waals surface area contributed by atoms with Crippen molar-refractivity contribution in [3.05, 3.63) is 18.2 Å². The van der Waals surface area contributed by atoms with Crippen LogP contribution < -0.4 is 5.32 Å². The Kier molecular flexibility index (Phi) is 5.79. The van der Waals surface area contributed by atoms with Crippen LogP contribution in [0.2, 0.25) is 0 Å². The van der Waals surface area contributed by atoms with Crippen molar-refractivity contribution >= 4 is 5.91 Å². The lowest BCUT2D eigenvalue weighted by Gasteiger charge is -2.40. The molecule has 1 saturated carbocycles. The van der Waals surface area contributed by atoms with Crippen molar-refractivity contribution in [3.63, 3.8) is 0 Å². The number of nitrogens with zero attached hydrogens (tertiary/aromatic N) is 3. The summed E-state index contributed by atoms with van der Waals surface area (Å²) in [6.07, 6.45) is 9.13. The van der Waals surface area contributed by atoms with Crippen molar-refractivity contribution < 1.29 is 9.53 Å². The smallest absolute Gasteiger partial charge is 0.228 e. The van der Waals surface area contributed by atoms with Gasteiger partial charge < -0.3 is 14.6 Å². The molecule has 3 rings (SSSR count). The number of hydrogen-bond donors (Lipinski definition) is 1. The third kappa shape index (κ3) is 3.90. The molecule has 2 fully saturated rings. The highest BCUT2D eigenvalue weighted by molar-refractivity contribution is 5.84. The molecule has 1 aromatic heterocycles. The number of aryl methyl sites for hydroxylation is 1. The average Bonchev–Trinajstić information content (AvgIpc) is 3.11. The number of imidazole rings is 1. The maximum Gasteiger partial charge on any atom is 0.228 e. The fourth-order valence-corrected chi connectivity index (χ4v) is 4.32. The van der Waals surface area contributed by atoms with Gasteiger partial charge in [0.15, 0.2) is 0 Å². The Bertz CT molecular complexity index is 582. The average molecular weight is 348 g/mol. The predicted molar refractivity (Wildman–Crippen MR) is 97.0 cm³/mol. The van der Waals surface area contributed by atoms with Gasteiger partial charge in [0.2, 0.25) is 5.91 Å². The highest BCUT2D eigenvalue weighted by atomic mass is 16.5. The van der Waals surface area contributed by atoms with Crippen LogP contribution in [0.15, 0.2) is 12.5 Å². The second-order valence-electron chi connectivity index (χ2n) is 7.89. The van der Waals surface area contributed by atoms with Crippen LogP contribution in [-0.4, -0.2) is 53.2 Å². The minimum atomic E-state index is -0.277. The van der Waals surface area contributed by atoms with Gasteiger partial charge in [-0.05, 0) is 25.2 Å². The van der Waals surface area contributed by atoms with E-state index in [4.69, 9.17) is 4.74 Å². The molecule has 6 heteroatoms. The molecule has 2 heterocycles. The van der Waals surface area contributed by atoms with E-state index in [-0.39, 0.29) is 17.4 Å². The van der Waals surface area contributed by atoms with E-state index in [2.05, 4.69) is 26.7 Å². The predicted octanol–water partition coefficient (Wildman–Crippen LogP) is 1.95. The number of rotatable bonds is 8. The van der Waals surface area contributed by atoms with Gasteiger partial charge in [0.1, 0.15) is 0 Å². The summed E-state index contributed by atoms with van der Waals surface area (Å²) in [7, 11) is 3.73. The van der Waals surface area contributed by atoms with E-state index in [9.17, 15) is 4.79 Å². The first-order valence-corrected chi connectivity index (χ1v) is 9.55. The molecule has 2 aliphatic rings. The van der Waals surface area contributed by atoms with Crippen LogP contribution in [0.5, 0.6) is 0 Å². The van der Waals surface area contributed by atoms with Crippen molar-refractivity contribution in [2.45, 2.75) is 51.6 Å². The zero-order valence-electron chi connectivity index (χ0n) is 15.8. The summed E-state index contributed by atoms with van der Waals surface area (Å²) in [5.41, 5.74) is 0.943. The molecule has 0 aromatic carbocycles. The van der Waals surface area contributed by atoms with E-state index in [1.807, 2.05) is 19.6 Å². The van der Waals surface area contributed by atoms with E-state index in [1.54, 1.807) is 7.11 Å². The summed E-state index contributed by atoms with van der Waals surface area (Å²) in [4.78, 5) is 19.6. The lowest BCUT2D eigenvalue weighted by Crippen LogP contribution is -2.53. The molecule has 0 bridgehead atoms. The van der Waals surface area contributed by atoms with Gasteiger partial charge in [0, 0.05) is 46.0 Å². The second-order valence-corrected chi connectivity index (χ2v) is 7.89. The number of amides is 1. The Morgan fingerprint density at radius 1 is 1.44 bits per heavy atom. The molecule has 25 heavy (non-hydrogen) atoms. The Morgan fingerprint density at radius 2 is 2.24 bits per heavy atom. The van der Waals surface area contributed by atoms with Crippen molar-refractivity contribution in [2.75, 3.05) is 26.8 Å². The topological polar surface area (TPSA) is 59.4 Å². The summed E-state index contributed by atoms with van der Waals surface area (Å²) in [6.45, 7) is 5.63. The maximum absolute atomic E-state index is 12.9. The zero-order valence-corrected chi connectivity index (χ0v) is 15.8. The lowest BCUT2D eigenvalue weighted by atomic mass is 9.68. The summed E-state index contributed by atoms with van der Waals surface area (Å²) in [6, 6.07) is 0.245. The minimum Gasteiger partial charge on any atom is -0.384 e. The summed E-state index contributed by atoms with van der Waals surface area (Å²) in [5, 5.41) is 3.38. The first-order chi connectivity index (χ1) is 12.1. The number of carbonyl (C=O) groups excluding carboxylic acids is 1. The van der Waals surface area contributed by atoms with Gasteiger partial charge in [-0.1, -0.05) is 19.8 Å². The molecule has 1 aliphatic carbocycles. The molecular formula is C19H32N4O2. The SMILES string of the molecule is CCC[C@@H]1CN(Cc2cncn2C)C[C@H]1NC(=O)C1(COC)CCC1. The molecule has 1 aromatic rings. The summed E-state index contributed by atoms with van der Waals surface area (Å²) in [5.74, 6) is 0.732. The minimum absolute atomic E-state index is 0.203. The highest BCUT2D eigenvalue weighted by Crippen LogP contribution is 2.41. The molecule has 1 aliphatic heterocycles. The maximum atomic E-state index is 12.9. The third-order valence-electron chi connectivity index (χ3n) is 6.01. The Labute approximate surface area is 150 Å². The molecule has 0 spiro atoms. The van der Waals surface area contributed by atoms with Gasteiger partial charge in [-0.15, -0.1) is 0 Å². The zero-order chi connectivity index (χ0) is 17.9. The Hall–Kier alpha value is -1.40. The van der Waals surface area contributed by atoms with Gasteiger partial charge in [-0.2, -0.15) is 0 Å². The van der Waals surface area contributed by atoms with Gasteiger partial charge in [0.25, 0.3) is 0 Å². The number of methoxy groups -OCH3 is 1. The van der Waals surface area contributed by atoms with Gasteiger partial charge in [0.05, 0.1) is 24.0 Å². The van der Waals surface area contributed by atoms with Crippen LogP contribution in [0.1, 0.15) is 44.7 Å². The normalized spacial score (nSPS) is 25.7. The largest absolute Gasteiger partial charge is 0.384 e. The summed E-state index contributed by atoms with van der Waals surface area (Å²) >= 11 is 0. The Balaban J connectivity index is 1.62. The molecule has 2 atom stereocenters. The molecule has 140 valence electrons. The van der Waals surface area contributed by atoms with Crippen LogP contribution in [0.3, 0.4) is 0 Å². The molecule has 0 radical (unpaired) electrons. The van der Waals surface area contributed by atoms with E-state index in [0.29, 0.717) is 12.5 Å². The first-order valence-electron chi connectivity index (χ1n) is 9.55. The quantitative estimate of drug-likeness (QED) is 0.780. The second kappa shape index (κ2) is 7.87. The van der Waals surface area contributed by atoms with Crippen LogP contribution in [0.4, 0.5) is 0 Å². The van der Waals surface area contributed by atoms with Gasteiger partial charge in [-0.25, -0.2) is 4.98 Å². The molecule has 1 amide bonds. The lowest BCUT2D eigenvalue weighted by molar-refractivity contribution is -0.141. The van der Waals surface area contributed by atoms with Crippen LogP contribution in [0, 0.1) is 11.3 Å². The van der Waals surface area contributed by atoms with E-state index in [1.165, 1.54) is 5.69 Å². The van der Waals surface area contributed by atoms with Crippen molar-refractivity contribution in [3.8, 4) is 0 Å². The first kappa shape index (κ1) is 18.4. The van der Waals surface area contributed by atoms with Gasteiger partial charge >= 0.3 is 0 Å². The number of ether oxygens (including phenoxy) is 1. The molecule has 1 saturated heterocycles. The van der Waals surface area contributed by atoms with Gasteiger partial charge in [-0.3, -0.25) is 9.69 Å². The van der Waals surface area contributed by atoms with E-state index in [0.717, 1.165) is 51.7 Å². The molecular weight excluding hydrogens is 316 g/mol. The van der Waals surface area contributed by atoms with Crippen LogP contribution >= 0.6 is 0 Å².